The second kappa shape index (κ2) is 10.0. The van der Waals surface area contributed by atoms with Gasteiger partial charge in [0.15, 0.2) is 0 Å². The number of nitrogens with two attached hydrogens (primary N) is 1. The van der Waals surface area contributed by atoms with Gasteiger partial charge in [0.25, 0.3) is 0 Å². The highest BCUT2D eigenvalue weighted by molar-refractivity contribution is 6.35. The lowest BCUT2D eigenvalue weighted by molar-refractivity contribution is -0.132. The van der Waals surface area contributed by atoms with E-state index in [0.29, 0.717) is 34.4 Å². The van der Waals surface area contributed by atoms with Crippen LogP contribution in [-0.4, -0.2) is 48.5 Å². The van der Waals surface area contributed by atoms with Crippen LogP contribution in [-0.2, 0) is 4.79 Å². The lowest BCUT2D eigenvalue weighted by Gasteiger charge is -2.37. The monoisotopic (exact) mass is 444 g/mol. The first-order valence-electron chi connectivity index (χ1n) is 9.78. The third kappa shape index (κ3) is 5.36. The van der Waals surface area contributed by atoms with Crippen molar-refractivity contribution >= 4 is 40.5 Å². The van der Waals surface area contributed by atoms with Gasteiger partial charge in [-0.15, -0.1) is 0 Å². The summed E-state index contributed by atoms with van der Waals surface area (Å²) in [6.45, 7) is 8.54. The van der Waals surface area contributed by atoms with Crippen molar-refractivity contribution in [2.75, 3.05) is 37.6 Å². The summed E-state index contributed by atoms with van der Waals surface area (Å²) in [6, 6.07) is 17.3. The van der Waals surface area contributed by atoms with Crippen molar-refractivity contribution in [3.8, 4) is 0 Å². The Morgan fingerprint density at radius 1 is 1.07 bits per heavy atom. The summed E-state index contributed by atoms with van der Waals surface area (Å²) >= 11 is 12.5. The highest BCUT2D eigenvalue weighted by Gasteiger charge is 2.24. The number of rotatable bonds is 6. The molecule has 30 heavy (non-hydrogen) atoms. The Bertz CT molecular complexity index is 920. The van der Waals surface area contributed by atoms with Gasteiger partial charge in [-0.05, 0) is 36.8 Å². The van der Waals surface area contributed by atoms with Crippen molar-refractivity contribution in [2.45, 2.75) is 6.92 Å². The molecule has 0 unspecified atom stereocenters. The van der Waals surface area contributed by atoms with E-state index in [1.807, 2.05) is 66.4 Å². The van der Waals surface area contributed by atoms with Gasteiger partial charge in [-0.3, -0.25) is 9.80 Å². The third-order valence-electron chi connectivity index (χ3n) is 5.05. The van der Waals surface area contributed by atoms with Crippen molar-refractivity contribution in [2.24, 2.45) is 5.84 Å². The van der Waals surface area contributed by atoms with E-state index >= 15 is 0 Å². The maximum absolute atomic E-state index is 12.9. The number of halogens is 2. The second-order valence-electron chi connectivity index (χ2n) is 7.28. The number of nitrogens with zero attached hydrogens (tertiary/aromatic N) is 3. The molecule has 0 spiro atoms. The van der Waals surface area contributed by atoms with E-state index in [1.165, 1.54) is 5.01 Å². The molecule has 2 aromatic carbocycles. The summed E-state index contributed by atoms with van der Waals surface area (Å²) in [4.78, 5) is 17.0. The topological polar surface area (TPSA) is 52.8 Å². The first-order chi connectivity index (χ1) is 14.4. The zero-order valence-electron chi connectivity index (χ0n) is 17.0. The Kier molecular flexibility index (Phi) is 7.43. The third-order valence-corrected chi connectivity index (χ3v) is 5.80. The predicted octanol–water partition coefficient (Wildman–Crippen LogP) is 4.35. The average molecular weight is 445 g/mol. The maximum atomic E-state index is 12.9. The van der Waals surface area contributed by atoms with Crippen LogP contribution in [0.2, 0.25) is 5.02 Å². The summed E-state index contributed by atoms with van der Waals surface area (Å²) in [6.07, 6.45) is 0. The molecule has 1 amide bonds. The van der Waals surface area contributed by atoms with E-state index in [4.69, 9.17) is 29.0 Å². The largest absolute Gasteiger partial charge is 0.368 e. The Labute approximate surface area is 187 Å². The van der Waals surface area contributed by atoms with Gasteiger partial charge in [-0.1, -0.05) is 60.1 Å². The SMILES string of the molecule is C=C(C)/C(Cl)=C(/c1ccccc1)N(N)CC(=O)N1CCN(c2ccc(Cl)cc2)CC1. The smallest absolute Gasteiger partial charge is 0.243 e. The molecule has 0 saturated carbocycles. The van der Waals surface area contributed by atoms with Crippen LogP contribution in [0.5, 0.6) is 0 Å². The van der Waals surface area contributed by atoms with Crippen LogP contribution < -0.4 is 10.7 Å². The van der Waals surface area contributed by atoms with Gasteiger partial charge in [-0.25, -0.2) is 5.84 Å². The van der Waals surface area contributed by atoms with E-state index < -0.39 is 0 Å². The van der Waals surface area contributed by atoms with Crippen LogP contribution in [0.3, 0.4) is 0 Å². The minimum Gasteiger partial charge on any atom is -0.368 e. The van der Waals surface area contributed by atoms with Crippen molar-refractivity contribution in [1.82, 2.24) is 9.91 Å². The van der Waals surface area contributed by atoms with Gasteiger partial charge in [-0.2, -0.15) is 0 Å². The Balaban J connectivity index is 1.65. The first kappa shape index (κ1) is 22.2. The average Bonchev–Trinajstić information content (AvgIpc) is 2.75. The van der Waals surface area contributed by atoms with E-state index in [9.17, 15) is 4.79 Å². The molecule has 7 heteroatoms. The summed E-state index contributed by atoms with van der Waals surface area (Å²) < 4.78 is 0. The van der Waals surface area contributed by atoms with Crippen LogP contribution >= 0.6 is 23.2 Å². The molecule has 1 heterocycles. The predicted molar refractivity (Wildman–Crippen MR) is 125 cm³/mol. The van der Waals surface area contributed by atoms with Crippen LogP contribution in [0, 0.1) is 0 Å². The molecule has 0 aromatic heterocycles. The van der Waals surface area contributed by atoms with Gasteiger partial charge in [0.05, 0.1) is 10.7 Å². The van der Waals surface area contributed by atoms with Crippen LogP contribution in [0.4, 0.5) is 5.69 Å². The van der Waals surface area contributed by atoms with Crippen LogP contribution in [0.15, 0.2) is 71.8 Å². The highest BCUT2D eigenvalue weighted by atomic mass is 35.5. The number of anilines is 1. The van der Waals surface area contributed by atoms with Gasteiger partial charge in [0.1, 0.15) is 6.54 Å². The van der Waals surface area contributed by atoms with Crippen molar-refractivity contribution in [1.29, 1.82) is 0 Å². The van der Waals surface area contributed by atoms with E-state index in [0.717, 1.165) is 24.3 Å². The zero-order valence-corrected chi connectivity index (χ0v) is 18.5. The molecule has 1 aliphatic rings. The molecule has 2 N–H and O–H groups in total. The number of hydrazine groups is 1. The number of hydrogen-bond donors (Lipinski definition) is 1. The second-order valence-corrected chi connectivity index (χ2v) is 8.10. The summed E-state index contributed by atoms with van der Waals surface area (Å²) in [5.41, 5.74) is 3.23. The van der Waals surface area contributed by atoms with Gasteiger partial charge in [0.2, 0.25) is 5.91 Å². The molecule has 0 aliphatic carbocycles. The molecule has 158 valence electrons. The molecule has 1 fully saturated rings. The Hall–Kier alpha value is -2.47. The lowest BCUT2D eigenvalue weighted by atomic mass is 10.1. The summed E-state index contributed by atoms with van der Waals surface area (Å²) in [7, 11) is 0. The van der Waals surface area contributed by atoms with Gasteiger partial charge < -0.3 is 9.80 Å². The van der Waals surface area contributed by atoms with E-state index in [-0.39, 0.29) is 12.5 Å². The van der Waals surface area contributed by atoms with Gasteiger partial charge >= 0.3 is 0 Å². The van der Waals surface area contributed by atoms with Gasteiger partial charge in [0, 0.05) is 42.5 Å². The van der Waals surface area contributed by atoms with E-state index in [1.54, 1.807) is 0 Å². The minimum absolute atomic E-state index is 0.0344. The normalized spacial score (nSPS) is 14.9. The van der Waals surface area contributed by atoms with Crippen LogP contribution in [0.25, 0.3) is 5.70 Å². The summed E-state index contributed by atoms with van der Waals surface area (Å²) in [5, 5.41) is 2.58. The molecule has 0 bridgehead atoms. The fraction of sp³-hybridized carbons (Fsp3) is 0.261. The molecule has 1 saturated heterocycles. The molecular formula is C23H26Cl2N4O. The van der Waals surface area contributed by atoms with Crippen molar-refractivity contribution < 1.29 is 4.79 Å². The molecule has 0 radical (unpaired) electrons. The molecule has 1 aliphatic heterocycles. The Morgan fingerprint density at radius 2 is 1.67 bits per heavy atom. The first-order valence-corrected chi connectivity index (χ1v) is 10.5. The number of hydrogen-bond acceptors (Lipinski definition) is 4. The fourth-order valence-corrected chi connectivity index (χ4v) is 3.75. The van der Waals surface area contributed by atoms with Crippen LogP contribution in [0.1, 0.15) is 12.5 Å². The van der Waals surface area contributed by atoms with Crippen molar-refractivity contribution in [3.63, 3.8) is 0 Å². The molecule has 3 rings (SSSR count). The molecule has 0 atom stereocenters. The molecule has 2 aromatic rings. The number of carbonyl (C=O) groups excluding carboxylic acids is 1. The number of carbonyl (C=O) groups is 1. The number of amides is 1. The Morgan fingerprint density at radius 3 is 2.23 bits per heavy atom. The maximum Gasteiger partial charge on any atom is 0.243 e. The summed E-state index contributed by atoms with van der Waals surface area (Å²) in [5.74, 6) is 6.27. The van der Waals surface area contributed by atoms with E-state index in [2.05, 4.69) is 11.5 Å². The fourth-order valence-electron chi connectivity index (χ4n) is 3.41. The molecule has 5 nitrogen and oxygen atoms in total. The minimum atomic E-state index is -0.0344. The quantitative estimate of drug-likeness (QED) is 0.408. The number of piperazine rings is 1. The number of benzene rings is 2. The number of allylic oxidation sites excluding steroid dienone is 2. The molecular weight excluding hydrogens is 419 g/mol. The van der Waals surface area contributed by atoms with Crippen molar-refractivity contribution in [3.05, 3.63) is 82.4 Å². The highest BCUT2D eigenvalue weighted by Crippen LogP contribution is 2.27. The lowest BCUT2D eigenvalue weighted by Crippen LogP contribution is -2.52. The standard InChI is InChI=1S/C23H26Cl2N4O/c1-17(2)22(25)23(18-6-4-3-5-7-18)29(26)16-21(30)28-14-12-27(13-15-28)20-10-8-19(24)9-11-20/h3-11H,1,12-16,26H2,2H3/b23-22+. The zero-order chi connectivity index (χ0) is 21.7.